The van der Waals surface area contributed by atoms with Crippen molar-refractivity contribution in [1.82, 2.24) is 5.32 Å². The van der Waals surface area contributed by atoms with Gasteiger partial charge in [0.1, 0.15) is 3.81 Å². The van der Waals surface area contributed by atoms with Crippen molar-refractivity contribution in [3.8, 4) is 0 Å². The smallest absolute Gasteiger partial charge is 0.229 e. The van der Waals surface area contributed by atoms with Gasteiger partial charge in [-0.2, -0.15) is 0 Å². The van der Waals surface area contributed by atoms with Crippen LogP contribution in [0.2, 0.25) is 0 Å². The van der Waals surface area contributed by atoms with Gasteiger partial charge in [-0.15, -0.1) is 0 Å². The lowest BCUT2D eigenvalue weighted by atomic mass is 10.6. The quantitative estimate of drug-likeness (QED) is 0.819. The fourth-order valence-corrected chi connectivity index (χ4v) is 2.58. The molecule has 0 bridgehead atoms. The van der Waals surface area contributed by atoms with Crippen molar-refractivity contribution in [3.05, 3.63) is 10.0 Å². The molecule has 0 spiro atoms. The molecule has 72 valence electrons. The Kier molecular flexibility index (Phi) is 2.29. The maximum Gasteiger partial charge on any atom is 0.229 e. The van der Waals surface area contributed by atoms with Crippen LogP contribution < -0.4 is 5.32 Å². The average molecular weight is 265 g/mol. The van der Waals surface area contributed by atoms with Crippen LogP contribution in [-0.2, 0) is 9.84 Å². The highest BCUT2D eigenvalue weighted by Crippen LogP contribution is 2.23. The molecule has 0 saturated heterocycles. The molecule has 0 amide bonds. The van der Waals surface area contributed by atoms with Gasteiger partial charge in [0.25, 0.3) is 0 Å². The predicted molar refractivity (Wildman–Crippen MR) is 54.4 cm³/mol. The van der Waals surface area contributed by atoms with Gasteiger partial charge in [-0.3, -0.25) is 0 Å². The molecule has 13 heavy (non-hydrogen) atoms. The minimum absolute atomic E-state index is 0.160. The van der Waals surface area contributed by atoms with Gasteiger partial charge >= 0.3 is 0 Å². The van der Waals surface area contributed by atoms with Gasteiger partial charge in [-0.25, -0.2) is 13.4 Å². The Morgan fingerprint density at radius 3 is 2.77 bits per heavy atom. The number of hydrogen-bond acceptors (Lipinski definition) is 4. The van der Waals surface area contributed by atoms with Crippen LogP contribution in [0.15, 0.2) is 15.0 Å². The molecule has 1 aliphatic carbocycles. The number of aliphatic imine (C=N–C) groups is 1. The summed E-state index contributed by atoms with van der Waals surface area (Å²) < 4.78 is 23.0. The van der Waals surface area contributed by atoms with E-state index < -0.39 is 9.84 Å². The summed E-state index contributed by atoms with van der Waals surface area (Å²) in [6.07, 6.45) is 3.61. The minimum Gasteiger partial charge on any atom is -0.308 e. The Labute approximate surface area is 85.2 Å². The molecule has 1 saturated carbocycles. The Morgan fingerprint density at radius 2 is 2.31 bits per heavy atom. The van der Waals surface area contributed by atoms with Gasteiger partial charge in [-0.1, -0.05) is 0 Å². The highest BCUT2D eigenvalue weighted by Gasteiger charge is 2.29. The summed E-state index contributed by atoms with van der Waals surface area (Å²) in [6.45, 7) is 0.346. The van der Waals surface area contributed by atoms with Crippen LogP contribution >= 0.6 is 15.9 Å². The van der Waals surface area contributed by atoms with E-state index in [0.717, 1.165) is 12.8 Å². The van der Waals surface area contributed by atoms with Crippen LogP contribution in [0.3, 0.4) is 0 Å². The molecule has 0 radical (unpaired) electrons. The zero-order chi connectivity index (χ0) is 9.47. The monoisotopic (exact) mass is 264 g/mol. The maximum absolute atomic E-state index is 11.4. The normalized spacial score (nSPS) is 25.6. The van der Waals surface area contributed by atoms with Gasteiger partial charge < -0.3 is 5.32 Å². The summed E-state index contributed by atoms with van der Waals surface area (Å²) >= 11 is 2.95. The Bertz CT molecular complexity index is 381. The molecule has 2 rings (SSSR count). The van der Waals surface area contributed by atoms with Gasteiger partial charge in [-0.05, 0) is 28.8 Å². The molecule has 1 aliphatic heterocycles. The Hall–Kier alpha value is -0.200. The molecule has 0 aromatic rings. The lowest BCUT2D eigenvalue weighted by Crippen LogP contribution is -2.28. The van der Waals surface area contributed by atoms with E-state index in [0.29, 0.717) is 12.6 Å². The van der Waals surface area contributed by atoms with E-state index in [2.05, 4.69) is 26.2 Å². The fraction of sp³-hybridized carbons (Fsp3) is 0.571. The van der Waals surface area contributed by atoms with Crippen LogP contribution in [-0.4, -0.2) is 26.0 Å². The van der Waals surface area contributed by atoms with Crippen LogP contribution in [0.4, 0.5) is 0 Å². The second kappa shape index (κ2) is 3.18. The summed E-state index contributed by atoms with van der Waals surface area (Å²) in [5.41, 5.74) is 0. The molecular weight excluding hydrogens is 256 g/mol. The molecule has 1 heterocycles. The largest absolute Gasteiger partial charge is 0.308 e. The maximum atomic E-state index is 11.4. The van der Waals surface area contributed by atoms with Crippen LogP contribution in [0.5, 0.6) is 0 Å². The molecule has 0 atom stereocenters. The van der Waals surface area contributed by atoms with E-state index in [-0.39, 0.29) is 8.86 Å². The van der Waals surface area contributed by atoms with E-state index in [1.807, 2.05) is 0 Å². The van der Waals surface area contributed by atoms with Crippen LogP contribution in [0.1, 0.15) is 12.8 Å². The van der Waals surface area contributed by atoms with Crippen molar-refractivity contribution in [2.45, 2.75) is 18.9 Å². The number of sulfone groups is 1. The summed E-state index contributed by atoms with van der Waals surface area (Å²) in [6, 6.07) is 0.497. The lowest BCUT2D eigenvalue weighted by Gasteiger charge is -2.02. The molecule has 0 aromatic carbocycles. The zero-order valence-electron chi connectivity index (χ0n) is 6.83. The molecular formula is C7H9BrN2O2S. The summed E-state index contributed by atoms with van der Waals surface area (Å²) in [5, 5.41) is 3.32. The summed E-state index contributed by atoms with van der Waals surface area (Å²) in [5.74, 6) is 0. The van der Waals surface area contributed by atoms with Crippen LogP contribution in [0, 0.1) is 0 Å². The first-order valence-corrected chi connectivity index (χ1v) is 6.29. The number of hydrogen-bond donors (Lipinski definition) is 1. The first kappa shape index (κ1) is 9.36. The summed E-state index contributed by atoms with van der Waals surface area (Å²) in [4.78, 5) is 3.83. The zero-order valence-corrected chi connectivity index (χ0v) is 9.23. The molecule has 0 unspecified atom stereocenters. The van der Waals surface area contributed by atoms with Crippen molar-refractivity contribution in [2.24, 2.45) is 4.99 Å². The van der Waals surface area contributed by atoms with Crippen LogP contribution in [0.25, 0.3) is 0 Å². The molecule has 6 heteroatoms. The van der Waals surface area contributed by atoms with E-state index in [4.69, 9.17) is 0 Å². The minimum atomic E-state index is -3.27. The van der Waals surface area contributed by atoms with Crippen molar-refractivity contribution in [1.29, 1.82) is 0 Å². The number of halogens is 1. The predicted octanol–water partition coefficient (Wildman–Crippen LogP) is 0.759. The third-order valence-electron chi connectivity index (χ3n) is 2.00. The van der Waals surface area contributed by atoms with Crippen molar-refractivity contribution in [2.75, 3.05) is 6.54 Å². The Morgan fingerprint density at radius 1 is 1.62 bits per heavy atom. The molecule has 0 aromatic heterocycles. The molecule has 1 fully saturated rings. The number of rotatable bonds is 3. The van der Waals surface area contributed by atoms with E-state index >= 15 is 0 Å². The van der Waals surface area contributed by atoms with E-state index in [1.54, 1.807) is 0 Å². The third kappa shape index (κ3) is 1.84. The van der Waals surface area contributed by atoms with Gasteiger partial charge in [0.05, 0.1) is 6.20 Å². The van der Waals surface area contributed by atoms with Gasteiger partial charge in [0, 0.05) is 12.6 Å². The molecule has 2 aliphatic rings. The SMILES string of the molecule is O=S1(=O)C(Br)=CN=C1CNC1CC1. The summed E-state index contributed by atoms with van der Waals surface area (Å²) in [7, 11) is -3.27. The van der Waals surface area contributed by atoms with Crippen molar-refractivity contribution in [3.63, 3.8) is 0 Å². The number of nitrogens with zero attached hydrogens (tertiary/aromatic N) is 1. The van der Waals surface area contributed by atoms with E-state index in [9.17, 15) is 8.42 Å². The standard InChI is InChI=1S/C7H9BrN2O2S/c8-6-3-10-7(13(6,11)12)4-9-5-1-2-5/h3,5,9H,1-2,4H2. The Balaban J connectivity index is 2.02. The highest BCUT2D eigenvalue weighted by atomic mass is 79.9. The van der Waals surface area contributed by atoms with Crippen molar-refractivity contribution < 1.29 is 8.42 Å². The van der Waals surface area contributed by atoms with Gasteiger partial charge in [0.15, 0.2) is 5.04 Å². The van der Waals surface area contributed by atoms with Gasteiger partial charge in [0.2, 0.25) is 9.84 Å². The highest BCUT2D eigenvalue weighted by molar-refractivity contribution is 9.14. The second-order valence-corrected chi connectivity index (χ2v) is 6.41. The molecule has 1 N–H and O–H groups in total. The third-order valence-corrected chi connectivity index (χ3v) is 4.97. The van der Waals surface area contributed by atoms with E-state index in [1.165, 1.54) is 6.20 Å². The second-order valence-electron chi connectivity index (χ2n) is 3.11. The number of nitrogens with one attached hydrogen (secondary N) is 1. The average Bonchev–Trinajstić information content (AvgIpc) is 2.83. The van der Waals surface area contributed by atoms with Crippen molar-refractivity contribution >= 4 is 30.8 Å². The lowest BCUT2D eigenvalue weighted by molar-refractivity contribution is 0.614. The molecule has 4 nitrogen and oxygen atoms in total. The first-order chi connectivity index (χ1) is 6.10. The first-order valence-electron chi connectivity index (χ1n) is 4.01. The fourth-order valence-electron chi connectivity index (χ4n) is 1.03. The topological polar surface area (TPSA) is 58.5 Å².